The van der Waals surface area contributed by atoms with Gasteiger partial charge in [-0.2, -0.15) is 0 Å². The van der Waals surface area contributed by atoms with Crippen molar-refractivity contribution in [2.75, 3.05) is 5.32 Å². The van der Waals surface area contributed by atoms with Gasteiger partial charge in [0.05, 0.1) is 0 Å². The third-order valence-electron chi connectivity index (χ3n) is 3.44. The van der Waals surface area contributed by atoms with Crippen molar-refractivity contribution >= 4 is 21.6 Å². The average molecular weight is 332 g/mol. The Hall–Kier alpha value is -1.28. The van der Waals surface area contributed by atoms with E-state index >= 15 is 0 Å². The molecule has 1 atom stereocenters. The fourth-order valence-electron chi connectivity index (χ4n) is 2.41. The van der Waals surface area contributed by atoms with Crippen molar-refractivity contribution in [1.82, 2.24) is 0 Å². The fourth-order valence-corrected chi connectivity index (χ4v) is 3.02. The molecule has 0 spiro atoms. The number of rotatable bonds is 5. The molecular weight excluding hydrogens is 310 g/mol. The van der Waals surface area contributed by atoms with E-state index in [0.717, 1.165) is 16.6 Å². The molecule has 1 nitrogen and oxygen atoms in total. The first-order valence-electron chi connectivity index (χ1n) is 7.21. The fraction of sp³-hybridized carbons (Fsp3) is 0.333. The quantitative estimate of drug-likeness (QED) is 0.720. The summed E-state index contributed by atoms with van der Waals surface area (Å²) in [5.41, 5.74) is 5.15. The molecule has 106 valence electrons. The van der Waals surface area contributed by atoms with Crippen LogP contribution in [0.4, 0.5) is 5.69 Å². The van der Waals surface area contributed by atoms with Gasteiger partial charge in [0.2, 0.25) is 0 Å². The van der Waals surface area contributed by atoms with Crippen LogP contribution in [0.5, 0.6) is 0 Å². The standard InChI is InChI=1S/C18H22BrN/c1-4-5-15-6-8-16(9-7-15)14(3)20-18-11-13(2)10-17(19)12-18/h6-12,14,20H,4-5H2,1-3H3. The van der Waals surface area contributed by atoms with E-state index in [1.165, 1.54) is 23.1 Å². The van der Waals surface area contributed by atoms with Crippen LogP contribution in [0.1, 0.15) is 43.0 Å². The Kier molecular flexibility index (Phi) is 5.24. The number of hydrogen-bond acceptors (Lipinski definition) is 1. The highest BCUT2D eigenvalue weighted by atomic mass is 79.9. The molecule has 0 aliphatic rings. The van der Waals surface area contributed by atoms with Gasteiger partial charge in [0.25, 0.3) is 0 Å². The van der Waals surface area contributed by atoms with E-state index in [0.29, 0.717) is 6.04 Å². The van der Waals surface area contributed by atoms with Crippen LogP contribution >= 0.6 is 15.9 Å². The molecule has 0 aromatic heterocycles. The van der Waals surface area contributed by atoms with Crippen LogP contribution in [0.25, 0.3) is 0 Å². The molecule has 0 aliphatic heterocycles. The second kappa shape index (κ2) is 6.94. The maximum Gasteiger partial charge on any atom is 0.0485 e. The number of benzene rings is 2. The van der Waals surface area contributed by atoms with Crippen molar-refractivity contribution in [3.05, 3.63) is 63.6 Å². The number of anilines is 1. The Morgan fingerprint density at radius 1 is 1.10 bits per heavy atom. The first-order chi connectivity index (χ1) is 9.58. The molecule has 2 rings (SSSR count). The van der Waals surface area contributed by atoms with E-state index in [9.17, 15) is 0 Å². The molecule has 20 heavy (non-hydrogen) atoms. The molecule has 0 saturated heterocycles. The van der Waals surface area contributed by atoms with Gasteiger partial charge in [-0.3, -0.25) is 0 Å². The Balaban J connectivity index is 2.08. The second-order valence-corrected chi connectivity index (χ2v) is 6.29. The summed E-state index contributed by atoms with van der Waals surface area (Å²) >= 11 is 3.55. The van der Waals surface area contributed by atoms with Gasteiger partial charge in [-0.15, -0.1) is 0 Å². The molecule has 1 N–H and O–H groups in total. The average Bonchev–Trinajstić information content (AvgIpc) is 2.38. The van der Waals surface area contributed by atoms with Crippen LogP contribution in [0, 0.1) is 6.92 Å². The van der Waals surface area contributed by atoms with Gasteiger partial charge in [0, 0.05) is 16.2 Å². The number of hydrogen-bond donors (Lipinski definition) is 1. The molecule has 2 heteroatoms. The zero-order valence-corrected chi connectivity index (χ0v) is 14.0. The van der Waals surface area contributed by atoms with E-state index in [4.69, 9.17) is 0 Å². The van der Waals surface area contributed by atoms with Gasteiger partial charge in [0.15, 0.2) is 0 Å². The third-order valence-corrected chi connectivity index (χ3v) is 3.90. The molecule has 2 aromatic carbocycles. The summed E-state index contributed by atoms with van der Waals surface area (Å²) in [5.74, 6) is 0. The van der Waals surface area contributed by atoms with Crippen molar-refractivity contribution in [3.63, 3.8) is 0 Å². The molecule has 1 unspecified atom stereocenters. The second-order valence-electron chi connectivity index (χ2n) is 5.37. The highest BCUT2D eigenvalue weighted by molar-refractivity contribution is 9.10. The minimum absolute atomic E-state index is 0.305. The highest BCUT2D eigenvalue weighted by Gasteiger charge is 2.06. The minimum atomic E-state index is 0.305. The zero-order chi connectivity index (χ0) is 14.5. The topological polar surface area (TPSA) is 12.0 Å². The number of nitrogens with one attached hydrogen (secondary N) is 1. The zero-order valence-electron chi connectivity index (χ0n) is 12.4. The summed E-state index contributed by atoms with van der Waals surface area (Å²) in [6.45, 7) is 6.53. The van der Waals surface area contributed by atoms with E-state index in [1.807, 2.05) is 0 Å². The Morgan fingerprint density at radius 3 is 2.40 bits per heavy atom. The van der Waals surface area contributed by atoms with Crippen molar-refractivity contribution in [3.8, 4) is 0 Å². The lowest BCUT2D eigenvalue weighted by molar-refractivity contribution is 0.876. The smallest absolute Gasteiger partial charge is 0.0485 e. The lowest BCUT2D eigenvalue weighted by atomic mass is 10.0. The molecule has 0 heterocycles. The van der Waals surface area contributed by atoms with Crippen LogP contribution in [0.15, 0.2) is 46.9 Å². The summed E-state index contributed by atoms with van der Waals surface area (Å²) in [5, 5.41) is 3.56. The van der Waals surface area contributed by atoms with Gasteiger partial charge in [-0.05, 0) is 55.2 Å². The van der Waals surface area contributed by atoms with E-state index in [-0.39, 0.29) is 0 Å². The van der Waals surface area contributed by atoms with Gasteiger partial charge >= 0.3 is 0 Å². The Morgan fingerprint density at radius 2 is 1.80 bits per heavy atom. The van der Waals surface area contributed by atoms with Gasteiger partial charge in [0.1, 0.15) is 0 Å². The lowest BCUT2D eigenvalue weighted by Gasteiger charge is -2.17. The molecule has 0 aliphatic carbocycles. The number of halogens is 1. The monoisotopic (exact) mass is 331 g/mol. The van der Waals surface area contributed by atoms with Crippen LogP contribution in [0.2, 0.25) is 0 Å². The maximum absolute atomic E-state index is 3.56. The molecule has 2 aromatic rings. The van der Waals surface area contributed by atoms with Crippen LogP contribution < -0.4 is 5.32 Å². The SMILES string of the molecule is CCCc1ccc(C(C)Nc2cc(C)cc(Br)c2)cc1. The highest BCUT2D eigenvalue weighted by Crippen LogP contribution is 2.24. The summed E-state index contributed by atoms with van der Waals surface area (Å²) < 4.78 is 1.12. The molecular formula is C18H22BrN. The largest absolute Gasteiger partial charge is 0.378 e. The molecule has 0 bridgehead atoms. The maximum atomic E-state index is 3.56. The van der Waals surface area contributed by atoms with Crippen molar-refractivity contribution in [1.29, 1.82) is 0 Å². The van der Waals surface area contributed by atoms with Crippen molar-refractivity contribution in [2.24, 2.45) is 0 Å². The molecule has 0 radical (unpaired) electrons. The Bertz CT molecular complexity index is 540. The summed E-state index contributed by atoms with van der Waals surface area (Å²) in [6.07, 6.45) is 2.36. The first-order valence-corrected chi connectivity index (χ1v) is 8.00. The van der Waals surface area contributed by atoms with Crippen molar-refractivity contribution < 1.29 is 0 Å². The predicted molar refractivity (Wildman–Crippen MR) is 91.4 cm³/mol. The number of aryl methyl sites for hydroxylation is 2. The first kappa shape index (κ1) is 15.1. The normalized spacial score (nSPS) is 12.2. The predicted octanol–water partition coefficient (Wildman–Crippen LogP) is 5.88. The molecule has 0 amide bonds. The van der Waals surface area contributed by atoms with E-state index < -0.39 is 0 Å². The molecule has 0 saturated carbocycles. The van der Waals surface area contributed by atoms with Crippen molar-refractivity contribution in [2.45, 2.75) is 39.7 Å². The van der Waals surface area contributed by atoms with Crippen LogP contribution in [-0.4, -0.2) is 0 Å². The third kappa shape index (κ3) is 4.11. The van der Waals surface area contributed by atoms with E-state index in [1.54, 1.807) is 0 Å². The lowest BCUT2D eigenvalue weighted by Crippen LogP contribution is -2.06. The van der Waals surface area contributed by atoms with Gasteiger partial charge < -0.3 is 5.32 Å². The summed E-state index contributed by atoms with van der Waals surface area (Å²) in [6, 6.07) is 15.7. The minimum Gasteiger partial charge on any atom is -0.378 e. The van der Waals surface area contributed by atoms with Crippen LogP contribution in [0.3, 0.4) is 0 Å². The molecule has 0 fully saturated rings. The van der Waals surface area contributed by atoms with Gasteiger partial charge in [-0.1, -0.05) is 53.5 Å². The van der Waals surface area contributed by atoms with E-state index in [2.05, 4.69) is 84.5 Å². The Labute approximate surface area is 130 Å². The summed E-state index contributed by atoms with van der Waals surface area (Å²) in [4.78, 5) is 0. The summed E-state index contributed by atoms with van der Waals surface area (Å²) in [7, 11) is 0. The van der Waals surface area contributed by atoms with Gasteiger partial charge in [-0.25, -0.2) is 0 Å². The van der Waals surface area contributed by atoms with Crippen LogP contribution in [-0.2, 0) is 6.42 Å².